The SMILES string of the molecule is COc1ccc([Si])c(C)c1C. The number of rotatable bonds is 1. The molecule has 0 aliphatic carbocycles. The van der Waals surface area contributed by atoms with Crippen molar-refractivity contribution >= 4 is 15.4 Å². The lowest BCUT2D eigenvalue weighted by molar-refractivity contribution is 0.411. The minimum Gasteiger partial charge on any atom is -0.496 e. The summed E-state index contributed by atoms with van der Waals surface area (Å²) >= 11 is 0. The van der Waals surface area contributed by atoms with Crippen molar-refractivity contribution in [2.45, 2.75) is 13.8 Å². The summed E-state index contributed by atoms with van der Waals surface area (Å²) in [6.45, 7) is 4.12. The van der Waals surface area contributed by atoms with Gasteiger partial charge in [-0.2, -0.15) is 0 Å². The van der Waals surface area contributed by atoms with E-state index < -0.39 is 0 Å². The Morgan fingerprint density at radius 1 is 1.18 bits per heavy atom. The van der Waals surface area contributed by atoms with E-state index in [0.29, 0.717) is 0 Å². The van der Waals surface area contributed by atoms with Crippen LogP contribution in [0.2, 0.25) is 0 Å². The zero-order valence-corrected chi connectivity index (χ0v) is 8.06. The Balaban J connectivity index is 3.25. The molecular formula is C9H11OSi. The molecule has 0 unspecified atom stereocenters. The molecule has 0 saturated carbocycles. The molecule has 0 fully saturated rings. The van der Waals surface area contributed by atoms with Gasteiger partial charge < -0.3 is 4.74 Å². The third-order valence-electron chi connectivity index (χ3n) is 1.96. The van der Waals surface area contributed by atoms with Gasteiger partial charge in [0.25, 0.3) is 0 Å². The first-order valence-electron chi connectivity index (χ1n) is 3.52. The molecule has 0 aliphatic heterocycles. The Morgan fingerprint density at radius 2 is 1.82 bits per heavy atom. The van der Waals surface area contributed by atoms with Gasteiger partial charge in [0, 0.05) is 0 Å². The molecule has 1 aromatic rings. The van der Waals surface area contributed by atoms with Crippen LogP contribution >= 0.6 is 0 Å². The minimum absolute atomic E-state index is 0.949. The van der Waals surface area contributed by atoms with Gasteiger partial charge >= 0.3 is 0 Å². The fourth-order valence-electron chi connectivity index (χ4n) is 1.02. The van der Waals surface area contributed by atoms with Gasteiger partial charge in [0.1, 0.15) is 5.75 Å². The normalized spacial score (nSPS) is 9.82. The first-order valence-corrected chi connectivity index (χ1v) is 4.02. The number of ether oxygens (including phenoxy) is 1. The van der Waals surface area contributed by atoms with E-state index >= 15 is 0 Å². The quantitative estimate of drug-likeness (QED) is 0.563. The van der Waals surface area contributed by atoms with Crippen LogP contribution in [0.3, 0.4) is 0 Å². The molecule has 1 nitrogen and oxygen atoms in total. The summed E-state index contributed by atoms with van der Waals surface area (Å²) in [7, 11) is 5.19. The third kappa shape index (κ3) is 1.45. The van der Waals surface area contributed by atoms with Crippen molar-refractivity contribution in [3.63, 3.8) is 0 Å². The van der Waals surface area contributed by atoms with Gasteiger partial charge in [-0.05, 0) is 31.0 Å². The molecule has 57 valence electrons. The zero-order valence-electron chi connectivity index (χ0n) is 7.06. The highest BCUT2D eigenvalue weighted by molar-refractivity contribution is 6.33. The standard InChI is InChI=1S/C9H11OSi/c1-6-7(2)9(11)5-4-8(6)10-3/h4-5H,1-3H3. The van der Waals surface area contributed by atoms with Crippen molar-refractivity contribution in [3.05, 3.63) is 23.3 Å². The molecule has 1 rings (SSSR count). The highest BCUT2D eigenvalue weighted by Gasteiger charge is 2.01. The topological polar surface area (TPSA) is 9.23 Å². The van der Waals surface area contributed by atoms with E-state index in [1.54, 1.807) is 7.11 Å². The first kappa shape index (κ1) is 8.33. The van der Waals surface area contributed by atoms with Crippen LogP contribution in [0.5, 0.6) is 5.75 Å². The van der Waals surface area contributed by atoms with Gasteiger partial charge in [-0.15, -0.1) is 0 Å². The maximum Gasteiger partial charge on any atom is 0.122 e. The predicted molar refractivity (Wildman–Crippen MR) is 47.9 cm³/mol. The minimum atomic E-state index is 0.949. The van der Waals surface area contributed by atoms with Crippen molar-refractivity contribution in [1.29, 1.82) is 0 Å². The molecule has 1 aromatic carbocycles. The van der Waals surface area contributed by atoms with Crippen LogP contribution in [0, 0.1) is 13.8 Å². The van der Waals surface area contributed by atoms with Gasteiger partial charge in [0.15, 0.2) is 0 Å². The van der Waals surface area contributed by atoms with Crippen LogP contribution < -0.4 is 9.92 Å². The van der Waals surface area contributed by atoms with Crippen LogP contribution in [-0.4, -0.2) is 17.4 Å². The molecule has 0 aromatic heterocycles. The molecule has 11 heavy (non-hydrogen) atoms. The number of hydrogen-bond acceptors (Lipinski definition) is 1. The number of benzene rings is 1. The Kier molecular flexibility index (Phi) is 2.34. The number of hydrogen-bond donors (Lipinski definition) is 0. The lowest BCUT2D eigenvalue weighted by atomic mass is 10.1. The van der Waals surface area contributed by atoms with E-state index in [2.05, 4.69) is 24.1 Å². The van der Waals surface area contributed by atoms with Crippen molar-refractivity contribution in [2.75, 3.05) is 7.11 Å². The van der Waals surface area contributed by atoms with Crippen LogP contribution in [0.1, 0.15) is 11.1 Å². The van der Waals surface area contributed by atoms with Crippen LogP contribution in [-0.2, 0) is 0 Å². The first-order chi connectivity index (χ1) is 5.16. The van der Waals surface area contributed by atoms with E-state index in [-0.39, 0.29) is 0 Å². The molecule has 0 saturated heterocycles. The van der Waals surface area contributed by atoms with Crippen molar-refractivity contribution < 1.29 is 4.74 Å². The maximum atomic E-state index is 5.16. The lowest BCUT2D eigenvalue weighted by Gasteiger charge is -2.08. The Labute approximate surface area is 70.8 Å². The Bertz CT molecular complexity index is 269. The van der Waals surface area contributed by atoms with Gasteiger partial charge in [-0.3, -0.25) is 0 Å². The van der Waals surface area contributed by atoms with Gasteiger partial charge in [-0.25, -0.2) is 0 Å². The zero-order chi connectivity index (χ0) is 8.43. The average Bonchev–Trinajstić information content (AvgIpc) is 2.01. The Morgan fingerprint density at radius 3 is 2.36 bits per heavy atom. The lowest BCUT2D eigenvalue weighted by Crippen LogP contribution is -2.08. The third-order valence-corrected chi connectivity index (χ3v) is 2.50. The van der Waals surface area contributed by atoms with Gasteiger partial charge in [0.2, 0.25) is 0 Å². The summed E-state index contributed by atoms with van der Waals surface area (Å²) in [5.41, 5.74) is 2.43. The van der Waals surface area contributed by atoms with E-state index in [1.807, 2.05) is 12.1 Å². The fourth-order valence-corrected chi connectivity index (χ4v) is 1.29. The van der Waals surface area contributed by atoms with E-state index in [9.17, 15) is 0 Å². The van der Waals surface area contributed by atoms with Gasteiger partial charge in [0.05, 0.1) is 17.4 Å². The predicted octanol–water partition coefficient (Wildman–Crippen LogP) is 1.11. The molecular weight excluding hydrogens is 152 g/mol. The molecule has 2 heteroatoms. The summed E-state index contributed by atoms with van der Waals surface area (Å²) in [5.74, 6) is 0.949. The summed E-state index contributed by atoms with van der Waals surface area (Å²) in [6, 6.07) is 3.96. The van der Waals surface area contributed by atoms with E-state index in [0.717, 1.165) is 10.9 Å². The highest BCUT2D eigenvalue weighted by atomic mass is 28.1. The second kappa shape index (κ2) is 3.09. The van der Waals surface area contributed by atoms with Crippen molar-refractivity contribution in [1.82, 2.24) is 0 Å². The van der Waals surface area contributed by atoms with Crippen LogP contribution in [0.15, 0.2) is 12.1 Å². The second-order valence-electron chi connectivity index (χ2n) is 2.57. The van der Waals surface area contributed by atoms with Crippen molar-refractivity contribution in [2.24, 2.45) is 0 Å². The van der Waals surface area contributed by atoms with Crippen LogP contribution in [0.4, 0.5) is 0 Å². The smallest absolute Gasteiger partial charge is 0.122 e. The molecule has 0 bridgehead atoms. The van der Waals surface area contributed by atoms with E-state index in [4.69, 9.17) is 4.74 Å². The summed E-state index contributed by atoms with van der Waals surface area (Å²) in [4.78, 5) is 0. The molecule has 0 amide bonds. The monoisotopic (exact) mass is 163 g/mol. The molecule has 0 aliphatic rings. The summed E-state index contributed by atoms with van der Waals surface area (Å²) in [6.07, 6.45) is 0. The molecule has 3 radical (unpaired) electrons. The molecule has 0 spiro atoms. The maximum absolute atomic E-state index is 5.16. The Hall–Kier alpha value is -0.763. The summed E-state index contributed by atoms with van der Waals surface area (Å²) < 4.78 is 5.16. The van der Waals surface area contributed by atoms with Crippen LogP contribution in [0.25, 0.3) is 0 Å². The van der Waals surface area contributed by atoms with E-state index in [1.165, 1.54) is 11.1 Å². The number of methoxy groups -OCH3 is 1. The second-order valence-corrected chi connectivity index (χ2v) is 3.10. The largest absolute Gasteiger partial charge is 0.496 e. The van der Waals surface area contributed by atoms with Gasteiger partial charge in [-0.1, -0.05) is 11.3 Å². The molecule has 0 heterocycles. The molecule has 0 atom stereocenters. The fraction of sp³-hybridized carbons (Fsp3) is 0.333. The highest BCUT2D eigenvalue weighted by Crippen LogP contribution is 2.17. The average molecular weight is 163 g/mol. The summed E-state index contributed by atoms with van der Waals surface area (Å²) in [5, 5.41) is 1.13. The molecule has 0 N–H and O–H groups in total. The van der Waals surface area contributed by atoms with Crippen molar-refractivity contribution in [3.8, 4) is 5.75 Å².